The fraction of sp³-hybridized carbons (Fsp3) is 0.438. The number of rotatable bonds is 5. The van der Waals surface area contributed by atoms with E-state index in [1.165, 1.54) is 0 Å². The van der Waals surface area contributed by atoms with Crippen molar-refractivity contribution >= 4 is 11.6 Å². The summed E-state index contributed by atoms with van der Waals surface area (Å²) >= 11 is 0. The minimum Gasteiger partial charge on any atom is -0.489 e. The summed E-state index contributed by atoms with van der Waals surface area (Å²) < 4.78 is 5.45. The summed E-state index contributed by atoms with van der Waals surface area (Å²) in [5.74, 6) is 0.607. The topological polar surface area (TPSA) is 64.3 Å². The van der Waals surface area contributed by atoms with Gasteiger partial charge in [0.05, 0.1) is 5.54 Å². The molecule has 0 aromatic heterocycles. The summed E-state index contributed by atoms with van der Waals surface area (Å²) in [6, 6.07) is 7.33. The predicted octanol–water partition coefficient (Wildman–Crippen LogP) is 2.85. The lowest BCUT2D eigenvalue weighted by Crippen LogP contribution is -2.52. The van der Waals surface area contributed by atoms with Gasteiger partial charge >= 0.3 is 0 Å². The van der Waals surface area contributed by atoms with Crippen molar-refractivity contribution in [3.63, 3.8) is 0 Å². The first-order valence-corrected chi connectivity index (χ1v) is 7.08. The number of benzene rings is 1. The highest BCUT2D eigenvalue weighted by atomic mass is 16.5. The summed E-state index contributed by atoms with van der Waals surface area (Å²) in [4.78, 5) is 12.3. The number of nitrogens with two attached hydrogens (primary N) is 1. The molecule has 2 rings (SSSR count). The van der Waals surface area contributed by atoms with Crippen molar-refractivity contribution in [2.24, 2.45) is 5.73 Å². The van der Waals surface area contributed by atoms with E-state index in [4.69, 9.17) is 10.5 Å². The van der Waals surface area contributed by atoms with Crippen LogP contribution < -0.4 is 15.8 Å². The van der Waals surface area contributed by atoms with Gasteiger partial charge in [0.1, 0.15) is 12.4 Å². The van der Waals surface area contributed by atoms with Crippen LogP contribution in [0.5, 0.6) is 5.75 Å². The average Bonchev–Trinajstić information content (AvgIpc) is 2.46. The fourth-order valence-corrected chi connectivity index (χ4v) is 2.48. The lowest BCUT2D eigenvalue weighted by atomic mass is 9.82. The average molecular weight is 274 g/mol. The number of hydrogen-bond donors (Lipinski definition) is 2. The van der Waals surface area contributed by atoms with Gasteiger partial charge in [0.2, 0.25) is 5.91 Å². The van der Waals surface area contributed by atoms with Crippen molar-refractivity contribution in [1.82, 2.24) is 0 Å². The normalized spacial score (nSPS) is 17.2. The van der Waals surface area contributed by atoms with Crippen LogP contribution in [0.3, 0.4) is 0 Å². The molecule has 1 amide bonds. The molecule has 4 nitrogen and oxygen atoms in total. The first-order valence-electron chi connectivity index (χ1n) is 7.08. The maximum Gasteiger partial charge on any atom is 0.244 e. The Labute approximate surface area is 120 Å². The van der Waals surface area contributed by atoms with Gasteiger partial charge in [-0.2, -0.15) is 0 Å². The Kier molecular flexibility index (Phi) is 4.79. The number of amides is 1. The number of hydrogen-bond acceptors (Lipinski definition) is 3. The van der Waals surface area contributed by atoms with Crippen LogP contribution in [0.25, 0.3) is 0 Å². The van der Waals surface area contributed by atoms with E-state index in [1.807, 2.05) is 18.2 Å². The van der Waals surface area contributed by atoms with E-state index < -0.39 is 5.54 Å². The molecule has 4 heteroatoms. The molecule has 1 aromatic rings. The van der Waals surface area contributed by atoms with Crippen molar-refractivity contribution in [2.45, 2.75) is 37.6 Å². The minimum atomic E-state index is -0.726. The zero-order valence-corrected chi connectivity index (χ0v) is 11.7. The van der Waals surface area contributed by atoms with Crippen molar-refractivity contribution in [2.75, 3.05) is 11.9 Å². The molecule has 0 spiro atoms. The standard InChI is InChI=1S/C16H22N2O2/c1-2-11-20-14-8-6-7-13(12-14)18-15(19)16(17)9-4-3-5-10-16/h2,6-8,12H,1,3-5,9-11,17H2,(H,18,19). The number of nitrogens with one attached hydrogen (secondary N) is 1. The van der Waals surface area contributed by atoms with Crippen LogP contribution >= 0.6 is 0 Å². The lowest BCUT2D eigenvalue weighted by molar-refractivity contribution is -0.122. The highest BCUT2D eigenvalue weighted by Crippen LogP contribution is 2.27. The zero-order valence-electron chi connectivity index (χ0n) is 11.7. The largest absolute Gasteiger partial charge is 0.489 e. The molecule has 1 fully saturated rings. The quantitative estimate of drug-likeness (QED) is 0.811. The van der Waals surface area contributed by atoms with Crippen LogP contribution in [-0.2, 0) is 4.79 Å². The van der Waals surface area contributed by atoms with Crippen molar-refractivity contribution in [3.05, 3.63) is 36.9 Å². The number of ether oxygens (including phenoxy) is 1. The predicted molar refractivity (Wildman–Crippen MR) is 80.8 cm³/mol. The maximum atomic E-state index is 12.3. The van der Waals surface area contributed by atoms with Crippen LogP contribution in [0.4, 0.5) is 5.69 Å². The molecule has 108 valence electrons. The van der Waals surface area contributed by atoms with Crippen LogP contribution in [0.2, 0.25) is 0 Å². The van der Waals surface area contributed by atoms with E-state index in [1.54, 1.807) is 12.1 Å². The smallest absolute Gasteiger partial charge is 0.244 e. The van der Waals surface area contributed by atoms with E-state index in [-0.39, 0.29) is 5.91 Å². The molecule has 1 aromatic carbocycles. The SMILES string of the molecule is C=CCOc1cccc(NC(=O)C2(N)CCCCC2)c1. The van der Waals surface area contributed by atoms with Crippen molar-refractivity contribution in [1.29, 1.82) is 0 Å². The first-order chi connectivity index (χ1) is 9.64. The molecular weight excluding hydrogens is 252 g/mol. The highest BCUT2D eigenvalue weighted by molar-refractivity contribution is 5.98. The molecule has 1 aliphatic carbocycles. The molecule has 1 aliphatic rings. The molecule has 3 N–H and O–H groups in total. The van der Waals surface area contributed by atoms with Gasteiger partial charge in [-0.1, -0.05) is 38.0 Å². The third-order valence-corrected chi connectivity index (χ3v) is 3.66. The molecule has 0 unspecified atom stereocenters. The Balaban J connectivity index is 2.01. The molecule has 0 atom stereocenters. The van der Waals surface area contributed by atoms with E-state index in [0.29, 0.717) is 18.0 Å². The summed E-state index contributed by atoms with van der Waals surface area (Å²) in [7, 11) is 0. The third kappa shape index (κ3) is 3.61. The van der Waals surface area contributed by atoms with Crippen LogP contribution in [-0.4, -0.2) is 18.1 Å². The molecule has 0 saturated heterocycles. The Bertz CT molecular complexity index is 479. The maximum absolute atomic E-state index is 12.3. The third-order valence-electron chi connectivity index (χ3n) is 3.66. The Morgan fingerprint density at radius 1 is 1.40 bits per heavy atom. The molecule has 0 heterocycles. The van der Waals surface area contributed by atoms with Crippen LogP contribution in [0.15, 0.2) is 36.9 Å². The lowest BCUT2D eigenvalue weighted by Gasteiger charge is -2.31. The van der Waals surface area contributed by atoms with Gasteiger partial charge in [0.15, 0.2) is 0 Å². The van der Waals surface area contributed by atoms with Crippen molar-refractivity contribution < 1.29 is 9.53 Å². The highest BCUT2D eigenvalue weighted by Gasteiger charge is 2.35. The summed E-state index contributed by atoms with van der Waals surface area (Å²) in [6.45, 7) is 4.05. The number of carbonyl (C=O) groups excluding carboxylic acids is 1. The number of anilines is 1. The Hall–Kier alpha value is -1.81. The van der Waals surface area contributed by atoms with E-state index in [9.17, 15) is 4.79 Å². The van der Waals surface area contributed by atoms with Crippen LogP contribution in [0, 0.1) is 0 Å². The monoisotopic (exact) mass is 274 g/mol. The molecular formula is C16H22N2O2. The van der Waals surface area contributed by atoms with Gasteiger partial charge < -0.3 is 15.8 Å². The molecule has 0 bridgehead atoms. The van der Waals surface area contributed by atoms with Crippen molar-refractivity contribution in [3.8, 4) is 5.75 Å². The summed E-state index contributed by atoms with van der Waals surface area (Å²) in [6.07, 6.45) is 6.40. The second kappa shape index (κ2) is 6.57. The second-order valence-corrected chi connectivity index (χ2v) is 5.30. The van der Waals surface area contributed by atoms with Gasteiger partial charge in [0, 0.05) is 11.8 Å². The Morgan fingerprint density at radius 3 is 2.85 bits per heavy atom. The van der Waals surface area contributed by atoms with E-state index in [0.717, 1.165) is 32.1 Å². The van der Waals surface area contributed by atoms with Gasteiger partial charge in [0.25, 0.3) is 0 Å². The molecule has 1 saturated carbocycles. The van der Waals surface area contributed by atoms with Crippen LogP contribution in [0.1, 0.15) is 32.1 Å². The minimum absolute atomic E-state index is 0.0990. The van der Waals surface area contributed by atoms with E-state index >= 15 is 0 Å². The summed E-state index contributed by atoms with van der Waals surface area (Å²) in [5.41, 5.74) is 6.20. The summed E-state index contributed by atoms with van der Waals surface area (Å²) in [5, 5.41) is 2.90. The van der Waals surface area contributed by atoms with Gasteiger partial charge in [-0.3, -0.25) is 4.79 Å². The Morgan fingerprint density at radius 2 is 2.15 bits per heavy atom. The first kappa shape index (κ1) is 14.6. The second-order valence-electron chi connectivity index (χ2n) is 5.30. The number of carbonyl (C=O) groups is 1. The van der Waals surface area contributed by atoms with Gasteiger partial charge in [-0.25, -0.2) is 0 Å². The fourth-order valence-electron chi connectivity index (χ4n) is 2.48. The zero-order chi connectivity index (χ0) is 14.4. The van der Waals surface area contributed by atoms with Gasteiger partial charge in [-0.15, -0.1) is 0 Å². The molecule has 20 heavy (non-hydrogen) atoms. The molecule has 0 radical (unpaired) electrons. The molecule has 0 aliphatic heterocycles. The van der Waals surface area contributed by atoms with Gasteiger partial charge in [-0.05, 0) is 25.0 Å². The van der Waals surface area contributed by atoms with E-state index in [2.05, 4.69) is 11.9 Å².